The van der Waals surface area contributed by atoms with Gasteiger partial charge in [0.05, 0.1) is 3.57 Å². The molecule has 12 heavy (non-hydrogen) atoms. The van der Waals surface area contributed by atoms with Crippen LogP contribution in [0.5, 0.6) is 0 Å². The van der Waals surface area contributed by atoms with Crippen molar-refractivity contribution < 1.29 is 0 Å². The van der Waals surface area contributed by atoms with Crippen LogP contribution in [0.4, 0.5) is 0 Å². The minimum Gasteiger partial charge on any atom is -0.282 e. The van der Waals surface area contributed by atoms with E-state index in [1.54, 1.807) is 0 Å². The molecule has 0 aliphatic heterocycles. The summed E-state index contributed by atoms with van der Waals surface area (Å²) in [5.74, 6) is 0. The van der Waals surface area contributed by atoms with E-state index in [0.717, 1.165) is 19.3 Å². The molecule has 0 aliphatic carbocycles. The Bertz CT molecular complexity index is 436. The van der Waals surface area contributed by atoms with E-state index >= 15 is 0 Å². The fourth-order valence-corrected chi connectivity index (χ4v) is 2.06. The molecule has 0 unspecified atom stereocenters. The average molecular weight is 337 g/mol. The number of rotatable bonds is 0. The van der Waals surface area contributed by atoms with Gasteiger partial charge < -0.3 is 0 Å². The molecule has 4 heteroatoms. The Labute approximate surface area is 92.0 Å². The third-order valence-corrected chi connectivity index (χ3v) is 4.30. The van der Waals surface area contributed by atoms with Crippen molar-refractivity contribution in [1.29, 1.82) is 0 Å². The van der Waals surface area contributed by atoms with E-state index in [1.165, 1.54) is 5.39 Å². The Hall–Kier alpha value is -0.100. The lowest BCUT2D eigenvalue weighted by Crippen LogP contribution is -1.77. The molecule has 0 amide bonds. The van der Waals surface area contributed by atoms with Gasteiger partial charge in [-0.15, -0.1) is 0 Å². The number of nitrogens with one attached hydrogen (secondary N) is 1. The minimum absolute atomic E-state index is 1.04. The first kappa shape index (κ1) is 8.50. The zero-order valence-electron chi connectivity index (χ0n) is 6.36. The summed E-state index contributed by atoms with van der Waals surface area (Å²) in [6, 6.07) is 4.12. The second-order valence-electron chi connectivity index (χ2n) is 2.61. The standard InChI is InChI=1S/C8H6BrIN2/c1-4-5-2-3-6(9)7(10)8(5)12-11-4/h2-3H,1H3,(H,11,12). The van der Waals surface area contributed by atoms with Gasteiger partial charge in [-0.05, 0) is 57.6 Å². The lowest BCUT2D eigenvalue weighted by Gasteiger charge is -1.95. The fourth-order valence-electron chi connectivity index (χ4n) is 1.15. The normalized spacial score (nSPS) is 10.9. The first-order chi connectivity index (χ1) is 5.70. The number of aromatic amines is 1. The van der Waals surface area contributed by atoms with Crippen LogP contribution in [0.25, 0.3) is 10.9 Å². The van der Waals surface area contributed by atoms with Gasteiger partial charge in [0, 0.05) is 15.6 Å². The summed E-state index contributed by atoms with van der Waals surface area (Å²) < 4.78 is 2.26. The molecule has 0 atom stereocenters. The quantitative estimate of drug-likeness (QED) is 0.735. The number of nitrogens with zero attached hydrogens (tertiary/aromatic N) is 1. The fraction of sp³-hybridized carbons (Fsp3) is 0.125. The average Bonchev–Trinajstić information content (AvgIpc) is 2.41. The highest BCUT2D eigenvalue weighted by Crippen LogP contribution is 2.27. The van der Waals surface area contributed by atoms with Crippen molar-refractivity contribution >= 4 is 49.4 Å². The molecular weight excluding hydrogens is 331 g/mol. The van der Waals surface area contributed by atoms with Gasteiger partial charge in [0.15, 0.2) is 0 Å². The molecule has 1 aromatic heterocycles. The maximum atomic E-state index is 4.22. The van der Waals surface area contributed by atoms with Gasteiger partial charge in [0.2, 0.25) is 0 Å². The van der Waals surface area contributed by atoms with Gasteiger partial charge in [0.1, 0.15) is 5.52 Å². The third-order valence-electron chi connectivity index (χ3n) is 1.81. The van der Waals surface area contributed by atoms with Crippen LogP contribution in [0.3, 0.4) is 0 Å². The van der Waals surface area contributed by atoms with Crippen molar-refractivity contribution in [3.63, 3.8) is 0 Å². The molecule has 0 bridgehead atoms. The molecule has 0 aliphatic rings. The summed E-state index contributed by atoms with van der Waals surface area (Å²) in [6.07, 6.45) is 0. The van der Waals surface area contributed by atoms with E-state index in [4.69, 9.17) is 0 Å². The van der Waals surface area contributed by atoms with Gasteiger partial charge in [0.25, 0.3) is 0 Å². The number of aromatic nitrogens is 2. The van der Waals surface area contributed by atoms with Crippen LogP contribution in [-0.2, 0) is 0 Å². The number of aryl methyl sites for hydroxylation is 1. The first-order valence-corrected chi connectivity index (χ1v) is 5.36. The van der Waals surface area contributed by atoms with Crippen LogP contribution in [-0.4, -0.2) is 10.2 Å². The zero-order chi connectivity index (χ0) is 8.72. The Morgan fingerprint density at radius 2 is 2.25 bits per heavy atom. The Kier molecular flexibility index (Phi) is 2.12. The molecular formula is C8H6BrIN2. The molecule has 1 heterocycles. The van der Waals surface area contributed by atoms with Gasteiger partial charge in [-0.1, -0.05) is 0 Å². The number of hydrogen-bond donors (Lipinski definition) is 1. The number of halogens is 2. The predicted molar refractivity (Wildman–Crippen MR) is 61.2 cm³/mol. The highest BCUT2D eigenvalue weighted by molar-refractivity contribution is 14.1. The summed E-state index contributed by atoms with van der Waals surface area (Å²) in [4.78, 5) is 0. The summed E-state index contributed by atoms with van der Waals surface area (Å²) in [5.41, 5.74) is 2.16. The van der Waals surface area contributed by atoms with Gasteiger partial charge in [-0.3, -0.25) is 5.10 Å². The maximum Gasteiger partial charge on any atom is 0.107 e. The number of hydrogen-bond acceptors (Lipinski definition) is 1. The molecule has 1 N–H and O–H groups in total. The van der Waals surface area contributed by atoms with Crippen molar-refractivity contribution in [2.24, 2.45) is 0 Å². The Morgan fingerprint density at radius 1 is 1.50 bits per heavy atom. The Balaban J connectivity index is 2.93. The van der Waals surface area contributed by atoms with Crippen molar-refractivity contribution in [2.75, 3.05) is 0 Å². The predicted octanol–water partition coefficient (Wildman–Crippen LogP) is 3.24. The molecule has 0 saturated carbocycles. The third kappa shape index (κ3) is 1.17. The van der Waals surface area contributed by atoms with Gasteiger partial charge in [-0.25, -0.2) is 0 Å². The molecule has 2 rings (SSSR count). The maximum absolute atomic E-state index is 4.22. The first-order valence-electron chi connectivity index (χ1n) is 3.49. The summed E-state index contributed by atoms with van der Waals surface area (Å²) in [5, 5.41) is 8.38. The zero-order valence-corrected chi connectivity index (χ0v) is 10.1. The van der Waals surface area contributed by atoms with E-state index in [1.807, 2.05) is 13.0 Å². The molecule has 0 saturated heterocycles. The largest absolute Gasteiger partial charge is 0.282 e. The van der Waals surface area contributed by atoms with Crippen molar-refractivity contribution in [3.05, 3.63) is 25.9 Å². The highest BCUT2D eigenvalue weighted by atomic mass is 127. The van der Waals surface area contributed by atoms with Gasteiger partial charge in [-0.2, -0.15) is 5.10 Å². The van der Waals surface area contributed by atoms with Crippen LogP contribution < -0.4 is 0 Å². The van der Waals surface area contributed by atoms with Crippen LogP contribution in [0, 0.1) is 10.5 Å². The van der Waals surface area contributed by atoms with Crippen molar-refractivity contribution in [3.8, 4) is 0 Å². The van der Waals surface area contributed by atoms with E-state index in [0.29, 0.717) is 0 Å². The summed E-state index contributed by atoms with van der Waals surface area (Å²) >= 11 is 5.75. The monoisotopic (exact) mass is 336 g/mol. The topological polar surface area (TPSA) is 28.7 Å². The number of H-pyrrole nitrogens is 1. The minimum atomic E-state index is 1.04. The van der Waals surface area contributed by atoms with Gasteiger partial charge >= 0.3 is 0 Å². The lowest BCUT2D eigenvalue weighted by atomic mass is 10.2. The highest BCUT2D eigenvalue weighted by Gasteiger charge is 2.06. The molecule has 0 spiro atoms. The Morgan fingerprint density at radius 3 is 3.00 bits per heavy atom. The smallest absolute Gasteiger partial charge is 0.107 e. The number of benzene rings is 1. The van der Waals surface area contributed by atoms with E-state index < -0.39 is 0 Å². The molecule has 2 aromatic rings. The second kappa shape index (κ2) is 2.99. The molecule has 2 nitrogen and oxygen atoms in total. The van der Waals surface area contributed by atoms with E-state index in [9.17, 15) is 0 Å². The second-order valence-corrected chi connectivity index (χ2v) is 4.54. The van der Waals surface area contributed by atoms with Crippen molar-refractivity contribution in [2.45, 2.75) is 6.92 Å². The van der Waals surface area contributed by atoms with Crippen LogP contribution >= 0.6 is 38.5 Å². The van der Waals surface area contributed by atoms with E-state index in [-0.39, 0.29) is 0 Å². The van der Waals surface area contributed by atoms with Crippen LogP contribution in [0.2, 0.25) is 0 Å². The van der Waals surface area contributed by atoms with Crippen LogP contribution in [0.1, 0.15) is 5.69 Å². The van der Waals surface area contributed by atoms with Crippen LogP contribution in [0.15, 0.2) is 16.6 Å². The number of fused-ring (bicyclic) bond motifs is 1. The molecule has 0 radical (unpaired) electrons. The SMILES string of the molecule is Cc1[nH]nc2c(I)c(Br)ccc12. The molecule has 0 fully saturated rings. The summed E-state index contributed by atoms with van der Waals surface area (Å²) in [7, 11) is 0. The lowest BCUT2D eigenvalue weighted by molar-refractivity contribution is 1.07. The molecule has 1 aromatic carbocycles. The van der Waals surface area contributed by atoms with Crippen molar-refractivity contribution in [1.82, 2.24) is 10.2 Å². The summed E-state index contributed by atoms with van der Waals surface area (Å²) in [6.45, 7) is 2.03. The van der Waals surface area contributed by atoms with E-state index in [2.05, 4.69) is 54.8 Å². The molecule has 62 valence electrons.